The van der Waals surface area contributed by atoms with Crippen molar-refractivity contribution in [2.24, 2.45) is 0 Å². The smallest absolute Gasteiger partial charge is 0.353 e. The van der Waals surface area contributed by atoms with Gasteiger partial charge in [-0.2, -0.15) is 0 Å². The molecule has 2 rings (SSSR count). The molecular formula is C9H15BN2O3. The Kier molecular flexibility index (Phi) is 2.69. The number of fused-ring (bicyclic) bond motifs is 2. The SMILES string of the molecule is COBC(=O)[C@@H]1CC[C@@H]2CN1C(=O)N2C. The van der Waals surface area contributed by atoms with Crippen molar-refractivity contribution in [3.05, 3.63) is 0 Å². The fourth-order valence-corrected chi connectivity index (χ4v) is 2.41. The highest BCUT2D eigenvalue weighted by Gasteiger charge is 2.44. The van der Waals surface area contributed by atoms with Crippen LogP contribution < -0.4 is 0 Å². The quantitative estimate of drug-likeness (QED) is 0.585. The first-order valence-corrected chi connectivity index (χ1v) is 5.20. The molecule has 2 amide bonds. The molecule has 2 aliphatic heterocycles. The Morgan fingerprint density at radius 3 is 2.93 bits per heavy atom. The van der Waals surface area contributed by atoms with Gasteiger partial charge in [-0.05, 0) is 12.8 Å². The van der Waals surface area contributed by atoms with Gasteiger partial charge in [0.25, 0.3) is 0 Å². The van der Waals surface area contributed by atoms with Crippen molar-refractivity contribution in [1.29, 1.82) is 0 Å². The zero-order valence-corrected chi connectivity index (χ0v) is 9.10. The minimum atomic E-state index is -0.265. The molecule has 5 nitrogen and oxygen atoms in total. The van der Waals surface area contributed by atoms with Crippen LogP contribution in [0, 0.1) is 0 Å². The van der Waals surface area contributed by atoms with Gasteiger partial charge in [0.2, 0.25) is 0 Å². The minimum Gasteiger partial charge on any atom is -0.434 e. The Hall–Kier alpha value is -1.04. The highest BCUT2D eigenvalue weighted by Crippen LogP contribution is 2.28. The van der Waals surface area contributed by atoms with E-state index in [-0.39, 0.29) is 25.2 Å². The molecule has 15 heavy (non-hydrogen) atoms. The number of urea groups is 1. The lowest BCUT2D eigenvalue weighted by molar-refractivity contribution is -0.117. The van der Waals surface area contributed by atoms with Crippen molar-refractivity contribution >= 4 is 19.2 Å². The number of hydrogen-bond acceptors (Lipinski definition) is 3. The van der Waals surface area contributed by atoms with Crippen LogP contribution in [0.1, 0.15) is 12.8 Å². The van der Waals surface area contributed by atoms with Crippen LogP contribution in [0.5, 0.6) is 0 Å². The van der Waals surface area contributed by atoms with Crippen molar-refractivity contribution in [2.45, 2.75) is 24.9 Å². The number of carbonyl (C=O) groups is 2. The number of amides is 2. The van der Waals surface area contributed by atoms with Gasteiger partial charge in [0, 0.05) is 20.7 Å². The molecule has 0 radical (unpaired) electrons. The van der Waals surface area contributed by atoms with Crippen LogP contribution >= 0.6 is 0 Å². The fourth-order valence-electron chi connectivity index (χ4n) is 2.41. The molecule has 0 N–H and O–H groups in total. The second-order valence-corrected chi connectivity index (χ2v) is 4.19. The molecule has 2 bridgehead atoms. The first-order valence-electron chi connectivity index (χ1n) is 5.20. The third-order valence-electron chi connectivity index (χ3n) is 3.31. The van der Waals surface area contributed by atoms with E-state index in [0.717, 1.165) is 12.8 Å². The van der Waals surface area contributed by atoms with Crippen LogP contribution in [0.3, 0.4) is 0 Å². The number of hydrogen-bond donors (Lipinski definition) is 0. The van der Waals surface area contributed by atoms with E-state index >= 15 is 0 Å². The van der Waals surface area contributed by atoms with Gasteiger partial charge < -0.3 is 19.2 Å². The van der Waals surface area contributed by atoms with Crippen molar-refractivity contribution in [1.82, 2.24) is 9.80 Å². The molecule has 0 aliphatic carbocycles. The van der Waals surface area contributed by atoms with Crippen LogP contribution in [0.25, 0.3) is 0 Å². The van der Waals surface area contributed by atoms with Gasteiger partial charge in [0.05, 0.1) is 12.1 Å². The molecule has 2 heterocycles. The molecule has 2 atom stereocenters. The van der Waals surface area contributed by atoms with Crippen LogP contribution in [-0.2, 0) is 9.45 Å². The van der Waals surface area contributed by atoms with E-state index in [0.29, 0.717) is 12.6 Å². The maximum absolute atomic E-state index is 11.8. The summed E-state index contributed by atoms with van der Waals surface area (Å²) in [5.41, 5.74) is 0.0135. The second kappa shape index (κ2) is 3.85. The van der Waals surface area contributed by atoms with E-state index in [1.54, 1.807) is 16.8 Å². The molecule has 0 aromatic carbocycles. The van der Waals surface area contributed by atoms with Crippen LogP contribution in [0.2, 0.25) is 0 Å². The molecule has 0 aromatic rings. The summed E-state index contributed by atoms with van der Waals surface area (Å²) in [6.45, 7) is 0.690. The Balaban J connectivity index is 2.10. The molecule has 0 saturated carbocycles. The van der Waals surface area contributed by atoms with E-state index in [4.69, 9.17) is 4.65 Å². The standard InChI is InChI=1S/C9H15BN2O3/c1-11-6-3-4-7(8(13)10-15-2)12(5-6)9(11)14/h6-7,10H,3-5H2,1-2H3/t6-,7+/m1/s1. The predicted octanol–water partition coefficient (Wildman–Crippen LogP) is -0.591. The summed E-state index contributed by atoms with van der Waals surface area (Å²) in [7, 11) is 3.40. The fraction of sp³-hybridized carbons (Fsp3) is 0.778. The van der Waals surface area contributed by atoms with Crippen LogP contribution in [0.4, 0.5) is 4.79 Å². The van der Waals surface area contributed by atoms with Gasteiger partial charge in [-0.15, -0.1) is 0 Å². The average Bonchev–Trinajstić information content (AvgIpc) is 2.45. The maximum Gasteiger partial charge on any atom is 0.353 e. The molecule has 0 aromatic heterocycles. The monoisotopic (exact) mass is 210 g/mol. The van der Waals surface area contributed by atoms with E-state index in [9.17, 15) is 9.59 Å². The van der Waals surface area contributed by atoms with Crippen molar-refractivity contribution in [2.75, 3.05) is 20.7 Å². The van der Waals surface area contributed by atoms with Gasteiger partial charge in [0.1, 0.15) is 5.68 Å². The van der Waals surface area contributed by atoms with E-state index < -0.39 is 0 Å². The van der Waals surface area contributed by atoms with Gasteiger partial charge in [-0.25, -0.2) is 4.79 Å². The summed E-state index contributed by atoms with van der Waals surface area (Å²) in [4.78, 5) is 26.9. The highest BCUT2D eigenvalue weighted by molar-refractivity contribution is 6.70. The van der Waals surface area contributed by atoms with E-state index in [1.165, 1.54) is 7.11 Å². The molecule has 82 valence electrons. The number of rotatable bonds is 3. The lowest BCUT2D eigenvalue weighted by Crippen LogP contribution is -2.47. The zero-order valence-electron chi connectivity index (χ0n) is 9.10. The Bertz CT molecular complexity index is 297. The number of likely N-dealkylation sites (N-methyl/N-ethyl adjacent to an activating group) is 1. The normalized spacial score (nSPS) is 29.6. The maximum atomic E-state index is 11.8. The number of carbonyl (C=O) groups excluding carboxylic acids is 2. The average molecular weight is 210 g/mol. The Labute approximate surface area is 89.6 Å². The Morgan fingerprint density at radius 2 is 2.27 bits per heavy atom. The molecule has 6 heteroatoms. The topological polar surface area (TPSA) is 49.9 Å². The third kappa shape index (κ3) is 1.63. The summed E-state index contributed by atoms with van der Waals surface area (Å²) >= 11 is 0. The zero-order chi connectivity index (χ0) is 11.0. The lowest BCUT2D eigenvalue weighted by Gasteiger charge is -2.29. The minimum absolute atomic E-state index is 0.0135. The van der Waals surface area contributed by atoms with E-state index in [1.807, 2.05) is 0 Å². The molecule has 2 aliphatic rings. The number of nitrogens with zero attached hydrogens (tertiary/aromatic N) is 2. The predicted molar refractivity (Wildman–Crippen MR) is 55.8 cm³/mol. The second-order valence-electron chi connectivity index (χ2n) is 4.19. The molecule has 2 saturated heterocycles. The highest BCUT2D eigenvalue weighted by atomic mass is 16.4. The first kappa shape index (κ1) is 10.5. The van der Waals surface area contributed by atoms with Gasteiger partial charge in [-0.1, -0.05) is 0 Å². The van der Waals surface area contributed by atoms with Crippen LogP contribution in [0.15, 0.2) is 0 Å². The first-order chi connectivity index (χ1) is 7.15. The third-order valence-corrected chi connectivity index (χ3v) is 3.31. The van der Waals surface area contributed by atoms with Crippen molar-refractivity contribution in [3.8, 4) is 0 Å². The molecule has 2 fully saturated rings. The van der Waals surface area contributed by atoms with Crippen molar-refractivity contribution in [3.63, 3.8) is 0 Å². The molecular weight excluding hydrogens is 195 g/mol. The van der Waals surface area contributed by atoms with Crippen LogP contribution in [-0.4, -0.2) is 61.8 Å². The van der Waals surface area contributed by atoms with Gasteiger partial charge in [-0.3, -0.25) is 0 Å². The summed E-state index contributed by atoms with van der Waals surface area (Å²) in [6.07, 6.45) is 1.68. The Morgan fingerprint density at radius 1 is 1.53 bits per heavy atom. The van der Waals surface area contributed by atoms with Crippen molar-refractivity contribution < 1.29 is 14.2 Å². The molecule has 0 unspecified atom stereocenters. The summed E-state index contributed by atoms with van der Waals surface area (Å²) in [5.74, 6) is 0. The summed E-state index contributed by atoms with van der Waals surface area (Å²) < 4.78 is 4.82. The van der Waals surface area contributed by atoms with Gasteiger partial charge >= 0.3 is 13.5 Å². The van der Waals surface area contributed by atoms with Gasteiger partial charge in [0.15, 0.2) is 0 Å². The van der Waals surface area contributed by atoms with E-state index in [2.05, 4.69) is 0 Å². The molecule has 0 spiro atoms. The number of piperidine rings is 1. The lowest BCUT2D eigenvalue weighted by atomic mass is 9.82. The largest absolute Gasteiger partial charge is 0.434 e. The summed E-state index contributed by atoms with van der Waals surface area (Å²) in [5, 5.41) is 0. The summed E-state index contributed by atoms with van der Waals surface area (Å²) in [6, 6.07) is 0.00898.